The largest absolute Gasteiger partial charge is 0.383 e. The molecule has 17 heavy (non-hydrogen) atoms. The lowest BCUT2D eigenvalue weighted by Gasteiger charge is -2.14. The van der Waals surface area contributed by atoms with Gasteiger partial charge in [0.05, 0.1) is 11.5 Å². The number of aryl methyl sites for hydroxylation is 2. The second-order valence-corrected chi connectivity index (χ2v) is 3.86. The van der Waals surface area contributed by atoms with Gasteiger partial charge >= 0.3 is 5.69 Å². The van der Waals surface area contributed by atoms with Crippen molar-refractivity contribution in [2.45, 2.75) is 33.4 Å². The summed E-state index contributed by atoms with van der Waals surface area (Å²) in [5.74, 6) is 0.444. The van der Waals surface area contributed by atoms with Crippen LogP contribution in [0.25, 0.3) is 0 Å². The van der Waals surface area contributed by atoms with Gasteiger partial charge in [0, 0.05) is 19.7 Å². The Morgan fingerprint density at radius 1 is 1.65 bits per heavy atom. The highest BCUT2D eigenvalue weighted by Crippen LogP contribution is 2.28. The second kappa shape index (κ2) is 5.62. The van der Waals surface area contributed by atoms with Gasteiger partial charge in [-0.2, -0.15) is 5.10 Å². The number of rotatable bonds is 6. The number of hydrogen-bond acceptors (Lipinski definition) is 5. The molecule has 0 bridgehead atoms. The molecule has 0 radical (unpaired) electrons. The van der Waals surface area contributed by atoms with Gasteiger partial charge in [-0.25, -0.2) is 4.68 Å². The fraction of sp³-hybridized carbons (Fsp3) is 0.700. The smallest absolute Gasteiger partial charge is 0.333 e. The molecule has 7 heteroatoms. The first-order chi connectivity index (χ1) is 8.01. The zero-order chi connectivity index (χ0) is 13.0. The summed E-state index contributed by atoms with van der Waals surface area (Å²) < 4.78 is 6.59. The monoisotopic (exact) mass is 242 g/mol. The van der Waals surface area contributed by atoms with Crippen LogP contribution in [-0.2, 0) is 11.3 Å². The number of ether oxygens (including phenoxy) is 1. The van der Waals surface area contributed by atoms with Crippen molar-refractivity contribution in [1.82, 2.24) is 9.78 Å². The molecule has 1 aromatic rings. The van der Waals surface area contributed by atoms with E-state index in [0.717, 1.165) is 0 Å². The van der Waals surface area contributed by atoms with Gasteiger partial charge in [0.25, 0.3) is 0 Å². The van der Waals surface area contributed by atoms with Gasteiger partial charge < -0.3 is 10.1 Å². The molecule has 1 atom stereocenters. The normalized spacial score (nSPS) is 12.5. The average Bonchev–Trinajstić information content (AvgIpc) is 2.55. The van der Waals surface area contributed by atoms with Crippen molar-refractivity contribution in [3.63, 3.8) is 0 Å². The molecule has 0 aliphatic rings. The van der Waals surface area contributed by atoms with Crippen LogP contribution in [0, 0.1) is 17.0 Å². The Morgan fingerprint density at radius 3 is 2.76 bits per heavy atom. The van der Waals surface area contributed by atoms with Gasteiger partial charge in [-0.1, -0.05) is 0 Å². The van der Waals surface area contributed by atoms with Crippen molar-refractivity contribution in [1.29, 1.82) is 0 Å². The number of aromatic nitrogens is 2. The minimum Gasteiger partial charge on any atom is -0.383 e. The van der Waals surface area contributed by atoms with E-state index in [1.807, 2.05) is 13.8 Å². The summed E-state index contributed by atoms with van der Waals surface area (Å²) in [5, 5.41) is 18.2. The van der Waals surface area contributed by atoms with Crippen molar-refractivity contribution in [3.8, 4) is 0 Å². The molecule has 1 unspecified atom stereocenters. The molecule has 0 amide bonds. The molecular weight excluding hydrogens is 224 g/mol. The highest BCUT2D eigenvalue weighted by atomic mass is 16.6. The number of methoxy groups -OCH3 is 1. The van der Waals surface area contributed by atoms with E-state index in [4.69, 9.17) is 4.74 Å². The molecule has 0 saturated heterocycles. The molecular formula is C10H18N4O3. The second-order valence-electron chi connectivity index (χ2n) is 3.86. The van der Waals surface area contributed by atoms with Crippen LogP contribution in [0.1, 0.15) is 19.5 Å². The third-order valence-corrected chi connectivity index (χ3v) is 2.38. The van der Waals surface area contributed by atoms with Crippen LogP contribution in [-0.4, -0.2) is 34.5 Å². The molecule has 0 aromatic carbocycles. The van der Waals surface area contributed by atoms with E-state index in [-0.39, 0.29) is 11.7 Å². The van der Waals surface area contributed by atoms with Crippen LogP contribution >= 0.6 is 0 Å². The third-order valence-electron chi connectivity index (χ3n) is 2.38. The van der Waals surface area contributed by atoms with Gasteiger partial charge in [-0.05, 0) is 20.8 Å². The molecule has 0 aliphatic heterocycles. The van der Waals surface area contributed by atoms with Crippen molar-refractivity contribution < 1.29 is 9.66 Å². The number of anilines is 1. The quantitative estimate of drug-likeness (QED) is 0.604. The number of hydrogen-bond donors (Lipinski definition) is 1. The SMILES string of the molecule is CCn1nc(C)c([N+](=O)[O-])c1NC(C)COC. The molecule has 96 valence electrons. The molecule has 1 N–H and O–H groups in total. The molecule has 1 aromatic heterocycles. The molecule has 0 spiro atoms. The maximum absolute atomic E-state index is 11.0. The van der Waals surface area contributed by atoms with E-state index >= 15 is 0 Å². The van der Waals surface area contributed by atoms with Crippen LogP contribution < -0.4 is 5.32 Å². The number of nitro groups is 1. The number of nitrogens with zero attached hydrogens (tertiary/aromatic N) is 3. The molecule has 1 heterocycles. The Morgan fingerprint density at radius 2 is 2.29 bits per heavy atom. The minimum atomic E-state index is -0.406. The van der Waals surface area contributed by atoms with Crippen molar-refractivity contribution >= 4 is 11.5 Å². The van der Waals surface area contributed by atoms with E-state index < -0.39 is 4.92 Å². The molecule has 0 aliphatic carbocycles. The Balaban J connectivity index is 3.06. The van der Waals surface area contributed by atoms with Gasteiger partial charge in [0.1, 0.15) is 5.69 Å². The van der Waals surface area contributed by atoms with Gasteiger partial charge in [-0.3, -0.25) is 10.1 Å². The number of nitrogens with one attached hydrogen (secondary N) is 1. The average molecular weight is 242 g/mol. The molecule has 7 nitrogen and oxygen atoms in total. The highest BCUT2D eigenvalue weighted by Gasteiger charge is 2.25. The van der Waals surface area contributed by atoms with E-state index in [9.17, 15) is 10.1 Å². The van der Waals surface area contributed by atoms with Gasteiger partial charge in [0.2, 0.25) is 5.82 Å². The van der Waals surface area contributed by atoms with Crippen molar-refractivity contribution in [3.05, 3.63) is 15.8 Å². The van der Waals surface area contributed by atoms with E-state index in [1.165, 1.54) is 0 Å². The van der Waals surface area contributed by atoms with Crippen LogP contribution in [0.3, 0.4) is 0 Å². The predicted octanol–water partition coefficient (Wildman–Crippen LogP) is 1.57. The van der Waals surface area contributed by atoms with Crippen LogP contribution in [0.5, 0.6) is 0 Å². The summed E-state index contributed by atoms with van der Waals surface area (Å²) in [6.45, 7) is 6.48. The molecule has 0 fully saturated rings. The first kappa shape index (κ1) is 13.4. The lowest BCUT2D eigenvalue weighted by atomic mass is 10.3. The zero-order valence-corrected chi connectivity index (χ0v) is 10.6. The summed E-state index contributed by atoms with van der Waals surface area (Å²) in [7, 11) is 1.59. The van der Waals surface area contributed by atoms with Crippen LogP contribution in [0.2, 0.25) is 0 Å². The lowest BCUT2D eigenvalue weighted by Crippen LogP contribution is -2.23. The predicted molar refractivity (Wildman–Crippen MR) is 64.3 cm³/mol. The van der Waals surface area contributed by atoms with E-state index in [2.05, 4.69) is 10.4 Å². The summed E-state index contributed by atoms with van der Waals surface area (Å²) in [5.41, 5.74) is 0.457. The fourth-order valence-electron chi connectivity index (χ4n) is 1.69. The Bertz CT molecular complexity index is 403. The van der Waals surface area contributed by atoms with Crippen LogP contribution in [0.15, 0.2) is 0 Å². The Labute approximate surface area is 99.9 Å². The van der Waals surface area contributed by atoms with E-state index in [1.54, 1.807) is 18.7 Å². The third kappa shape index (κ3) is 2.94. The summed E-state index contributed by atoms with van der Waals surface area (Å²) in [4.78, 5) is 10.6. The highest BCUT2D eigenvalue weighted by molar-refractivity contribution is 5.59. The maximum Gasteiger partial charge on any atom is 0.333 e. The van der Waals surface area contributed by atoms with Crippen LogP contribution in [0.4, 0.5) is 11.5 Å². The summed E-state index contributed by atoms with van der Waals surface area (Å²) in [6.07, 6.45) is 0. The molecule has 0 saturated carbocycles. The Kier molecular flexibility index (Phi) is 4.45. The summed E-state index contributed by atoms with van der Waals surface area (Å²) >= 11 is 0. The van der Waals surface area contributed by atoms with Gasteiger partial charge in [-0.15, -0.1) is 0 Å². The first-order valence-corrected chi connectivity index (χ1v) is 5.48. The Hall–Kier alpha value is -1.63. The maximum atomic E-state index is 11.0. The zero-order valence-electron chi connectivity index (χ0n) is 10.6. The van der Waals surface area contributed by atoms with Crippen molar-refractivity contribution in [2.24, 2.45) is 0 Å². The standard InChI is InChI=1S/C10H18N4O3/c1-5-13-10(11-7(2)6-17-4)9(14(15)16)8(3)12-13/h7,11H,5-6H2,1-4H3. The topological polar surface area (TPSA) is 82.2 Å². The summed E-state index contributed by atoms with van der Waals surface area (Å²) in [6, 6.07) is -0.0138. The molecule has 1 rings (SSSR count). The van der Waals surface area contributed by atoms with E-state index in [0.29, 0.717) is 24.7 Å². The fourth-order valence-corrected chi connectivity index (χ4v) is 1.69. The first-order valence-electron chi connectivity index (χ1n) is 5.48. The van der Waals surface area contributed by atoms with Crippen molar-refractivity contribution in [2.75, 3.05) is 19.0 Å². The van der Waals surface area contributed by atoms with Gasteiger partial charge in [0.15, 0.2) is 0 Å². The minimum absolute atomic E-state index is 0.0138. The lowest BCUT2D eigenvalue weighted by molar-refractivity contribution is -0.384.